The molecule has 3 N–H and O–H groups in total. The summed E-state index contributed by atoms with van der Waals surface area (Å²) in [5.74, 6) is 0.911. The maximum Gasteiger partial charge on any atom is 0.147 e. The summed E-state index contributed by atoms with van der Waals surface area (Å²) in [7, 11) is -2.90. The molecule has 1 aromatic rings. The van der Waals surface area contributed by atoms with Crippen molar-refractivity contribution in [1.82, 2.24) is 0 Å². The van der Waals surface area contributed by atoms with Crippen LogP contribution in [0.25, 0.3) is 0 Å². The van der Waals surface area contributed by atoms with Gasteiger partial charge in [0.05, 0.1) is 12.4 Å². The van der Waals surface area contributed by atoms with Gasteiger partial charge in [0.15, 0.2) is 0 Å². The molecule has 0 saturated carbocycles. The minimum absolute atomic E-state index is 0.182. The van der Waals surface area contributed by atoms with Gasteiger partial charge in [0.1, 0.15) is 15.6 Å². The van der Waals surface area contributed by atoms with Crippen molar-refractivity contribution in [3.63, 3.8) is 0 Å². The molecular formula is C13H22N2O3S. The number of hydrogen-bond acceptors (Lipinski definition) is 5. The zero-order valence-electron chi connectivity index (χ0n) is 11.5. The molecule has 108 valence electrons. The molecule has 0 spiro atoms. The predicted octanol–water partition coefficient (Wildman–Crippen LogP) is 1.90. The summed E-state index contributed by atoms with van der Waals surface area (Å²) >= 11 is 0. The normalized spacial score (nSPS) is 11.3. The molecule has 0 aliphatic heterocycles. The highest BCUT2D eigenvalue weighted by atomic mass is 32.2. The largest absolute Gasteiger partial charge is 0.493 e. The van der Waals surface area contributed by atoms with Crippen LogP contribution in [-0.4, -0.2) is 33.6 Å². The van der Waals surface area contributed by atoms with E-state index in [4.69, 9.17) is 10.5 Å². The molecule has 19 heavy (non-hydrogen) atoms. The third-order valence-corrected chi connectivity index (χ3v) is 3.45. The average Bonchev–Trinajstić information content (AvgIpc) is 2.30. The molecule has 0 aliphatic rings. The number of rotatable bonds is 8. The molecule has 6 heteroatoms. The van der Waals surface area contributed by atoms with Crippen LogP contribution in [0.15, 0.2) is 18.2 Å². The number of ether oxygens (including phenoxy) is 1. The second-order valence-corrected chi connectivity index (χ2v) is 6.81. The third kappa shape index (κ3) is 6.91. The zero-order valence-corrected chi connectivity index (χ0v) is 12.3. The Morgan fingerprint density at radius 2 is 2.05 bits per heavy atom. The Morgan fingerprint density at radius 1 is 1.32 bits per heavy atom. The summed E-state index contributed by atoms with van der Waals surface area (Å²) in [6, 6.07) is 5.45. The van der Waals surface area contributed by atoms with Crippen molar-refractivity contribution >= 4 is 21.2 Å². The predicted molar refractivity (Wildman–Crippen MR) is 79.5 cm³/mol. The Kier molecular flexibility index (Phi) is 5.95. The Morgan fingerprint density at radius 3 is 2.68 bits per heavy atom. The summed E-state index contributed by atoms with van der Waals surface area (Å²) in [5.41, 5.74) is 7.26. The van der Waals surface area contributed by atoms with Crippen molar-refractivity contribution in [3.05, 3.63) is 18.2 Å². The number of sulfone groups is 1. The highest BCUT2D eigenvalue weighted by Gasteiger charge is 2.03. The summed E-state index contributed by atoms with van der Waals surface area (Å²) in [6.45, 7) is 3.28. The molecular weight excluding hydrogens is 264 g/mol. The van der Waals surface area contributed by atoms with Crippen LogP contribution >= 0.6 is 0 Å². The van der Waals surface area contributed by atoms with Gasteiger partial charge in [0.2, 0.25) is 0 Å². The number of nitrogens with one attached hydrogen (secondary N) is 1. The van der Waals surface area contributed by atoms with Gasteiger partial charge >= 0.3 is 0 Å². The van der Waals surface area contributed by atoms with E-state index in [0.717, 1.165) is 17.9 Å². The van der Waals surface area contributed by atoms with Crippen molar-refractivity contribution in [2.45, 2.75) is 19.8 Å². The number of hydrogen-bond donors (Lipinski definition) is 2. The highest BCUT2D eigenvalue weighted by molar-refractivity contribution is 7.90. The molecule has 5 nitrogen and oxygen atoms in total. The molecule has 0 amide bonds. The van der Waals surface area contributed by atoms with E-state index in [2.05, 4.69) is 5.32 Å². The van der Waals surface area contributed by atoms with E-state index in [1.54, 1.807) is 12.1 Å². The van der Waals surface area contributed by atoms with Gasteiger partial charge in [-0.1, -0.05) is 6.92 Å². The molecule has 0 radical (unpaired) electrons. The smallest absolute Gasteiger partial charge is 0.147 e. The number of nitrogen functional groups attached to an aromatic ring is 1. The van der Waals surface area contributed by atoms with Gasteiger partial charge in [0.25, 0.3) is 0 Å². The lowest BCUT2D eigenvalue weighted by Crippen LogP contribution is -2.10. The second-order valence-electron chi connectivity index (χ2n) is 4.55. The fourth-order valence-corrected chi connectivity index (χ4v) is 2.26. The average molecular weight is 286 g/mol. The number of benzene rings is 1. The van der Waals surface area contributed by atoms with Crippen LogP contribution in [0.4, 0.5) is 11.4 Å². The number of nitrogens with two attached hydrogens (primary N) is 1. The molecule has 0 atom stereocenters. The lowest BCUT2D eigenvalue weighted by atomic mass is 10.2. The summed E-state index contributed by atoms with van der Waals surface area (Å²) in [4.78, 5) is 0. The van der Waals surface area contributed by atoms with E-state index in [0.29, 0.717) is 25.3 Å². The van der Waals surface area contributed by atoms with Gasteiger partial charge in [-0.15, -0.1) is 0 Å². The molecule has 0 saturated heterocycles. The van der Waals surface area contributed by atoms with E-state index < -0.39 is 9.84 Å². The van der Waals surface area contributed by atoms with E-state index in [9.17, 15) is 8.42 Å². The molecule has 0 aromatic heterocycles. The lowest BCUT2D eigenvalue weighted by molar-refractivity contribution is 0.318. The van der Waals surface area contributed by atoms with Crippen molar-refractivity contribution < 1.29 is 13.2 Å². The maximum absolute atomic E-state index is 11.0. The van der Waals surface area contributed by atoms with Crippen LogP contribution < -0.4 is 15.8 Å². The lowest BCUT2D eigenvalue weighted by Gasteiger charge is -2.10. The van der Waals surface area contributed by atoms with Crippen molar-refractivity contribution in [1.29, 1.82) is 0 Å². The number of anilines is 2. The Hall–Kier alpha value is -1.43. The SMILES string of the molecule is CCCOc1cc(N)cc(NCCCS(C)(=O)=O)c1. The van der Waals surface area contributed by atoms with E-state index >= 15 is 0 Å². The fourth-order valence-electron chi connectivity index (χ4n) is 1.59. The van der Waals surface area contributed by atoms with Crippen LogP contribution in [0, 0.1) is 0 Å². The van der Waals surface area contributed by atoms with Crippen LogP contribution in [0.2, 0.25) is 0 Å². The molecule has 1 rings (SSSR count). The third-order valence-electron chi connectivity index (χ3n) is 2.42. The highest BCUT2D eigenvalue weighted by Crippen LogP contribution is 2.22. The molecule has 0 bridgehead atoms. The van der Waals surface area contributed by atoms with Crippen LogP contribution in [0.3, 0.4) is 0 Å². The van der Waals surface area contributed by atoms with Crippen molar-refractivity contribution in [2.24, 2.45) is 0 Å². The van der Waals surface area contributed by atoms with Crippen molar-refractivity contribution in [2.75, 3.05) is 36.2 Å². The molecule has 0 heterocycles. The summed E-state index contributed by atoms with van der Waals surface area (Å²) < 4.78 is 27.5. The molecule has 1 aromatic carbocycles. The quantitative estimate of drug-likeness (QED) is 0.563. The Bertz CT molecular complexity index is 501. The van der Waals surface area contributed by atoms with E-state index in [1.165, 1.54) is 6.26 Å². The minimum atomic E-state index is -2.90. The Balaban J connectivity index is 2.51. The van der Waals surface area contributed by atoms with Crippen LogP contribution in [-0.2, 0) is 9.84 Å². The zero-order chi connectivity index (χ0) is 14.3. The van der Waals surface area contributed by atoms with Gasteiger partial charge in [-0.25, -0.2) is 8.42 Å². The molecule has 0 unspecified atom stereocenters. The first kappa shape index (κ1) is 15.6. The van der Waals surface area contributed by atoms with Crippen LogP contribution in [0.5, 0.6) is 5.75 Å². The van der Waals surface area contributed by atoms with Gasteiger partial charge < -0.3 is 15.8 Å². The van der Waals surface area contributed by atoms with Gasteiger partial charge in [-0.3, -0.25) is 0 Å². The first-order chi connectivity index (χ1) is 8.90. The first-order valence-corrected chi connectivity index (χ1v) is 8.41. The monoisotopic (exact) mass is 286 g/mol. The standard InChI is InChI=1S/C13H22N2O3S/c1-3-6-18-13-9-11(14)8-12(10-13)15-5-4-7-19(2,16)17/h8-10,15H,3-7,14H2,1-2H3. The maximum atomic E-state index is 11.0. The summed E-state index contributed by atoms with van der Waals surface area (Å²) in [5, 5.41) is 3.15. The van der Waals surface area contributed by atoms with Crippen molar-refractivity contribution in [3.8, 4) is 5.75 Å². The second kappa shape index (κ2) is 7.23. The molecule has 0 aliphatic carbocycles. The topological polar surface area (TPSA) is 81.4 Å². The molecule has 0 fully saturated rings. The first-order valence-electron chi connectivity index (χ1n) is 6.35. The van der Waals surface area contributed by atoms with Crippen LogP contribution in [0.1, 0.15) is 19.8 Å². The van der Waals surface area contributed by atoms with Gasteiger partial charge in [-0.05, 0) is 18.9 Å². The Labute approximate surface area is 115 Å². The summed E-state index contributed by atoms with van der Waals surface area (Å²) in [6.07, 6.45) is 2.74. The minimum Gasteiger partial charge on any atom is -0.493 e. The van der Waals surface area contributed by atoms with E-state index in [1.807, 2.05) is 13.0 Å². The fraction of sp³-hybridized carbons (Fsp3) is 0.538. The van der Waals surface area contributed by atoms with Gasteiger partial charge in [0, 0.05) is 36.3 Å². The van der Waals surface area contributed by atoms with Gasteiger partial charge in [-0.2, -0.15) is 0 Å². The van der Waals surface area contributed by atoms with E-state index in [-0.39, 0.29) is 5.75 Å².